The average Bonchev–Trinajstić information content (AvgIpc) is 3.38. The van der Waals surface area contributed by atoms with E-state index in [-0.39, 0.29) is 34.4 Å². The van der Waals surface area contributed by atoms with Crippen LogP contribution < -0.4 is 4.90 Å². The van der Waals surface area contributed by atoms with E-state index in [9.17, 15) is 31.6 Å². The van der Waals surface area contributed by atoms with Crippen molar-refractivity contribution in [1.82, 2.24) is 9.38 Å². The maximum absolute atomic E-state index is 13.1. The summed E-state index contributed by atoms with van der Waals surface area (Å²) in [5.41, 5.74) is -0.492. The second kappa shape index (κ2) is 6.81. The molecule has 1 amide bonds. The summed E-state index contributed by atoms with van der Waals surface area (Å²) in [5, 5.41) is 9.31. The monoisotopic (exact) mass is 474 g/mol. The maximum Gasteiger partial charge on any atom is 0.416 e. The average molecular weight is 474 g/mol. The molecule has 3 heterocycles. The molecule has 1 fully saturated rings. The molecule has 3 aromatic rings. The minimum Gasteiger partial charge on any atom is -0.288 e. The van der Waals surface area contributed by atoms with Crippen molar-refractivity contribution >= 4 is 27.2 Å². The molecule has 11 heteroatoms. The maximum atomic E-state index is 13.1. The van der Waals surface area contributed by atoms with Crippen molar-refractivity contribution in [2.75, 3.05) is 10.7 Å². The van der Waals surface area contributed by atoms with E-state index in [1.807, 2.05) is 0 Å². The van der Waals surface area contributed by atoms with Crippen LogP contribution in [0.25, 0.3) is 5.65 Å². The molecule has 1 aliphatic carbocycles. The van der Waals surface area contributed by atoms with Gasteiger partial charge in [-0.05, 0) is 42.2 Å². The largest absolute Gasteiger partial charge is 0.416 e. The van der Waals surface area contributed by atoms with Crippen LogP contribution >= 0.6 is 0 Å². The second-order valence-electron chi connectivity index (χ2n) is 8.24. The van der Waals surface area contributed by atoms with E-state index in [0.717, 1.165) is 17.0 Å². The highest BCUT2D eigenvalue weighted by Crippen LogP contribution is 2.48. The van der Waals surface area contributed by atoms with Crippen LogP contribution in [0, 0.1) is 11.3 Å². The van der Waals surface area contributed by atoms with E-state index < -0.39 is 32.9 Å². The van der Waals surface area contributed by atoms with Crippen LogP contribution in [-0.4, -0.2) is 29.5 Å². The predicted octanol–water partition coefficient (Wildman–Crippen LogP) is 3.86. The molecular weight excluding hydrogens is 457 g/mol. The molecule has 5 rings (SSSR count). The molecule has 170 valence electrons. The van der Waals surface area contributed by atoms with Gasteiger partial charge in [-0.15, -0.1) is 0 Å². The lowest BCUT2D eigenvalue weighted by Gasteiger charge is -2.15. The first-order chi connectivity index (χ1) is 15.5. The Morgan fingerprint density at radius 2 is 1.94 bits per heavy atom. The zero-order valence-electron chi connectivity index (χ0n) is 17.3. The third-order valence-electron chi connectivity index (χ3n) is 6.25. The summed E-state index contributed by atoms with van der Waals surface area (Å²) in [5.74, 6) is -1.15. The van der Waals surface area contributed by atoms with Crippen LogP contribution in [0.3, 0.4) is 0 Å². The van der Waals surface area contributed by atoms with Crippen LogP contribution in [0.15, 0.2) is 41.6 Å². The minimum atomic E-state index is -4.61. The van der Waals surface area contributed by atoms with Gasteiger partial charge in [-0.25, -0.2) is 13.4 Å². The van der Waals surface area contributed by atoms with Crippen LogP contribution in [0.5, 0.6) is 0 Å². The van der Waals surface area contributed by atoms with Crippen LogP contribution in [0.4, 0.5) is 19.0 Å². The summed E-state index contributed by atoms with van der Waals surface area (Å²) in [6.45, 7) is 1.35. The number of nitriles is 1. The highest BCUT2D eigenvalue weighted by atomic mass is 32.2. The Bertz CT molecular complexity index is 1480. The summed E-state index contributed by atoms with van der Waals surface area (Å²) >= 11 is 0. The number of anilines is 1. The van der Waals surface area contributed by atoms with Crippen molar-refractivity contribution in [3.63, 3.8) is 0 Å². The van der Waals surface area contributed by atoms with Gasteiger partial charge in [-0.1, -0.05) is 19.1 Å². The van der Waals surface area contributed by atoms with Gasteiger partial charge >= 0.3 is 6.18 Å². The second-order valence-corrected chi connectivity index (χ2v) is 10.4. The third kappa shape index (κ3) is 3.20. The lowest BCUT2D eigenvalue weighted by Crippen LogP contribution is -2.26. The summed E-state index contributed by atoms with van der Waals surface area (Å²) in [6.07, 6.45) is -1.74. The summed E-state index contributed by atoms with van der Waals surface area (Å²) in [4.78, 5) is 18.5. The van der Waals surface area contributed by atoms with E-state index in [2.05, 4.69) is 11.1 Å². The fraction of sp³-hybridized carbons (Fsp3) is 0.318. The Labute approximate surface area is 187 Å². The predicted molar refractivity (Wildman–Crippen MR) is 111 cm³/mol. The molecule has 33 heavy (non-hydrogen) atoms. The van der Waals surface area contributed by atoms with Crippen LogP contribution in [-0.2, 0) is 28.0 Å². The molecule has 2 aliphatic rings. The first kappa shape index (κ1) is 21.5. The van der Waals surface area contributed by atoms with E-state index in [1.54, 1.807) is 18.3 Å². The van der Waals surface area contributed by atoms with Crippen molar-refractivity contribution < 1.29 is 26.4 Å². The molecule has 0 N–H and O–H groups in total. The van der Waals surface area contributed by atoms with Gasteiger partial charge in [0, 0.05) is 11.8 Å². The molecule has 1 saturated carbocycles. The fourth-order valence-corrected chi connectivity index (χ4v) is 5.29. The number of fused-ring (bicyclic) bond motifs is 2. The van der Waals surface area contributed by atoms with Gasteiger partial charge in [0.1, 0.15) is 5.65 Å². The van der Waals surface area contributed by atoms with E-state index in [4.69, 9.17) is 0 Å². The molecule has 1 aromatic carbocycles. The Balaban J connectivity index is 1.67. The lowest BCUT2D eigenvalue weighted by atomic mass is 10.00. The van der Waals surface area contributed by atoms with Gasteiger partial charge in [0.25, 0.3) is 5.91 Å². The first-order valence-electron chi connectivity index (χ1n) is 10.2. The number of hydrogen-bond acceptors (Lipinski definition) is 5. The minimum absolute atomic E-state index is 0.0998. The number of nitrogens with zero attached hydrogens (tertiary/aromatic N) is 4. The smallest absolute Gasteiger partial charge is 0.288 e. The topological polar surface area (TPSA) is 95.5 Å². The number of imidazole rings is 1. The molecule has 0 bridgehead atoms. The number of sulfone groups is 1. The highest BCUT2D eigenvalue weighted by Gasteiger charge is 2.45. The fourth-order valence-electron chi connectivity index (χ4n) is 4.13. The summed E-state index contributed by atoms with van der Waals surface area (Å²) in [6, 6.07) is 8.46. The number of halogens is 3. The summed E-state index contributed by atoms with van der Waals surface area (Å²) < 4.78 is 66.9. The van der Waals surface area contributed by atoms with Gasteiger partial charge in [0.2, 0.25) is 0 Å². The molecule has 0 radical (unpaired) electrons. The first-order valence-corrected chi connectivity index (χ1v) is 11.8. The summed E-state index contributed by atoms with van der Waals surface area (Å²) in [7, 11) is -3.90. The van der Waals surface area contributed by atoms with Gasteiger partial charge in [-0.3, -0.25) is 14.1 Å². The Morgan fingerprint density at radius 1 is 1.21 bits per heavy atom. The zero-order valence-corrected chi connectivity index (χ0v) is 18.2. The van der Waals surface area contributed by atoms with Gasteiger partial charge in [0.15, 0.2) is 20.7 Å². The van der Waals surface area contributed by atoms with Crippen molar-refractivity contribution in [3.05, 3.63) is 58.8 Å². The van der Waals surface area contributed by atoms with E-state index in [1.165, 1.54) is 17.4 Å². The Hall–Kier alpha value is -3.39. The Morgan fingerprint density at radius 3 is 2.55 bits per heavy atom. The number of carbonyl (C=O) groups is 1. The number of benzene rings is 1. The number of rotatable bonds is 4. The number of pyridine rings is 1. The normalized spacial score (nSPS) is 17.3. The van der Waals surface area contributed by atoms with Crippen molar-refractivity contribution in [3.8, 4) is 6.07 Å². The molecule has 2 aromatic heterocycles. The number of alkyl halides is 3. The molecule has 0 saturated heterocycles. The molecule has 7 nitrogen and oxygen atoms in total. The molecule has 1 aliphatic heterocycles. The zero-order chi connectivity index (χ0) is 23.8. The molecule has 0 unspecified atom stereocenters. The Kier molecular flexibility index (Phi) is 4.42. The number of carbonyl (C=O) groups excluding carboxylic acids is 1. The molecular formula is C22H17F3N4O3S. The van der Waals surface area contributed by atoms with E-state index in [0.29, 0.717) is 24.0 Å². The van der Waals surface area contributed by atoms with Crippen LogP contribution in [0.1, 0.15) is 46.8 Å². The third-order valence-corrected chi connectivity index (χ3v) is 7.97. The quantitative estimate of drug-likeness (QED) is 0.572. The molecule has 0 atom stereocenters. The lowest BCUT2D eigenvalue weighted by molar-refractivity contribution is -0.137. The molecule has 0 spiro atoms. The van der Waals surface area contributed by atoms with Gasteiger partial charge < -0.3 is 0 Å². The standard InChI is InChI=1S/C22H17F3N4O3S/c1-2-33(31,32)20-18(27-17-6-5-15(11-28(17)20)21(12-26)7-8-21)29-10-13-3-4-14(22(23,24)25)9-16(13)19(29)30/h3-6,9,11H,2,7-8,10H2,1H3. The van der Waals surface area contributed by atoms with Crippen molar-refractivity contribution in [2.45, 2.75) is 42.9 Å². The van der Waals surface area contributed by atoms with Gasteiger partial charge in [0.05, 0.1) is 29.3 Å². The number of hydrogen-bond donors (Lipinski definition) is 0. The highest BCUT2D eigenvalue weighted by molar-refractivity contribution is 7.91. The number of amides is 1. The number of aromatic nitrogens is 2. The van der Waals surface area contributed by atoms with Crippen LogP contribution in [0.2, 0.25) is 0 Å². The SMILES string of the molecule is CCS(=O)(=O)c1c(N2Cc3ccc(C(F)(F)F)cc3C2=O)nc2ccc(C3(C#N)CC3)cn12. The van der Waals surface area contributed by atoms with Crippen molar-refractivity contribution in [2.24, 2.45) is 0 Å². The van der Waals surface area contributed by atoms with Gasteiger partial charge in [-0.2, -0.15) is 18.4 Å². The van der Waals surface area contributed by atoms with Crippen molar-refractivity contribution in [1.29, 1.82) is 5.26 Å². The van der Waals surface area contributed by atoms with E-state index >= 15 is 0 Å².